The number of benzene rings is 2. The number of carbonyl (C=O) groups is 2. The molecule has 27 heavy (non-hydrogen) atoms. The number of nitrogens with zero attached hydrogens (tertiary/aromatic N) is 1. The number of rotatable bonds is 6. The summed E-state index contributed by atoms with van der Waals surface area (Å²) in [7, 11) is 0. The van der Waals surface area contributed by atoms with E-state index in [1.807, 2.05) is 25.1 Å². The van der Waals surface area contributed by atoms with E-state index in [4.69, 9.17) is 4.74 Å². The van der Waals surface area contributed by atoms with Crippen LogP contribution >= 0.6 is 27.7 Å². The molecule has 7 heteroatoms. The molecule has 2 amide bonds. The van der Waals surface area contributed by atoms with Gasteiger partial charge in [0.2, 0.25) is 0 Å². The van der Waals surface area contributed by atoms with Crippen LogP contribution in [0.25, 0.3) is 6.08 Å². The number of halogens is 2. The Hall–Kier alpha value is -2.12. The number of hydrogen-bond donors (Lipinski definition) is 0. The summed E-state index contributed by atoms with van der Waals surface area (Å²) in [5, 5.41) is -0.336. The predicted molar refractivity (Wildman–Crippen MR) is 108 cm³/mol. The lowest BCUT2D eigenvalue weighted by molar-refractivity contribution is -0.123. The number of imide groups is 1. The summed E-state index contributed by atoms with van der Waals surface area (Å²) >= 11 is 4.36. The lowest BCUT2D eigenvalue weighted by Crippen LogP contribution is -2.27. The molecule has 1 fully saturated rings. The minimum absolute atomic E-state index is 0.121. The van der Waals surface area contributed by atoms with Gasteiger partial charge < -0.3 is 4.74 Å². The third-order valence-corrected chi connectivity index (χ3v) is 5.37. The fourth-order valence-corrected chi connectivity index (χ4v) is 3.85. The molecule has 1 aliphatic heterocycles. The number of amides is 2. The van der Waals surface area contributed by atoms with Crippen LogP contribution in [0.4, 0.5) is 9.18 Å². The van der Waals surface area contributed by atoms with Gasteiger partial charge in [-0.1, -0.05) is 25.1 Å². The second-order valence-electron chi connectivity index (χ2n) is 5.93. The molecule has 2 aromatic carbocycles. The van der Waals surface area contributed by atoms with Gasteiger partial charge in [0.25, 0.3) is 11.1 Å². The Bertz CT molecular complexity index is 899. The van der Waals surface area contributed by atoms with E-state index in [0.717, 1.165) is 38.9 Å². The molecule has 140 valence electrons. The van der Waals surface area contributed by atoms with Crippen molar-refractivity contribution in [2.75, 3.05) is 6.61 Å². The van der Waals surface area contributed by atoms with Gasteiger partial charge in [-0.05, 0) is 75.6 Å². The molecule has 0 aliphatic carbocycles. The van der Waals surface area contributed by atoms with E-state index < -0.39 is 0 Å². The molecule has 0 saturated carbocycles. The van der Waals surface area contributed by atoms with E-state index in [1.54, 1.807) is 18.2 Å². The van der Waals surface area contributed by atoms with Crippen LogP contribution in [0.3, 0.4) is 0 Å². The maximum absolute atomic E-state index is 13.0. The van der Waals surface area contributed by atoms with Crippen molar-refractivity contribution in [1.82, 2.24) is 4.90 Å². The highest BCUT2D eigenvalue weighted by molar-refractivity contribution is 9.10. The average molecular weight is 450 g/mol. The molecule has 0 atom stereocenters. The first-order valence-electron chi connectivity index (χ1n) is 8.40. The lowest BCUT2D eigenvalue weighted by Gasteiger charge is -2.12. The third kappa shape index (κ3) is 4.78. The Balaban J connectivity index is 1.75. The molecular formula is C20H17BrFNO3S. The molecule has 0 bridgehead atoms. The van der Waals surface area contributed by atoms with Crippen LogP contribution in [0, 0.1) is 5.82 Å². The molecule has 0 N–H and O–H groups in total. The quantitative estimate of drug-likeness (QED) is 0.537. The van der Waals surface area contributed by atoms with Crippen LogP contribution in [0.5, 0.6) is 5.75 Å². The fraction of sp³-hybridized carbons (Fsp3) is 0.200. The van der Waals surface area contributed by atoms with Crippen LogP contribution in [-0.4, -0.2) is 22.7 Å². The van der Waals surface area contributed by atoms with Crippen molar-refractivity contribution < 1.29 is 18.7 Å². The standard InChI is InChI=1S/C20H17BrFNO3S/c1-2-9-26-17-8-5-14(10-16(17)21)11-18-19(24)23(20(25)27-18)12-13-3-6-15(22)7-4-13/h3-8,10-11H,2,9,12H2,1H3/b18-11-. The van der Waals surface area contributed by atoms with Gasteiger partial charge in [0, 0.05) is 0 Å². The third-order valence-electron chi connectivity index (χ3n) is 3.84. The van der Waals surface area contributed by atoms with Crippen LogP contribution < -0.4 is 4.74 Å². The van der Waals surface area contributed by atoms with E-state index in [0.29, 0.717) is 17.1 Å². The fourth-order valence-electron chi connectivity index (χ4n) is 2.50. The Labute approximate surface area is 169 Å². The van der Waals surface area contributed by atoms with Gasteiger partial charge in [-0.2, -0.15) is 0 Å². The predicted octanol–water partition coefficient (Wildman–Crippen LogP) is 5.61. The highest BCUT2D eigenvalue weighted by Gasteiger charge is 2.34. The van der Waals surface area contributed by atoms with Gasteiger partial charge in [-0.15, -0.1) is 0 Å². The first-order valence-corrected chi connectivity index (χ1v) is 10.0. The lowest BCUT2D eigenvalue weighted by atomic mass is 10.2. The molecule has 0 radical (unpaired) electrons. The summed E-state index contributed by atoms with van der Waals surface area (Å²) in [5.74, 6) is 0.0277. The highest BCUT2D eigenvalue weighted by Crippen LogP contribution is 2.34. The number of carbonyl (C=O) groups excluding carboxylic acids is 2. The van der Waals surface area contributed by atoms with Gasteiger partial charge in [0.15, 0.2) is 0 Å². The average Bonchev–Trinajstić information content (AvgIpc) is 2.90. The topological polar surface area (TPSA) is 46.6 Å². The summed E-state index contributed by atoms with van der Waals surface area (Å²) in [5.41, 5.74) is 1.48. The molecule has 2 aromatic rings. The molecule has 3 rings (SSSR count). The summed E-state index contributed by atoms with van der Waals surface area (Å²) in [6.45, 7) is 2.78. The van der Waals surface area contributed by atoms with Gasteiger partial charge in [0.05, 0.1) is 22.5 Å². The molecule has 0 unspecified atom stereocenters. The van der Waals surface area contributed by atoms with Gasteiger partial charge >= 0.3 is 0 Å². The molecule has 4 nitrogen and oxygen atoms in total. The van der Waals surface area contributed by atoms with E-state index in [1.165, 1.54) is 12.1 Å². The van der Waals surface area contributed by atoms with Crippen LogP contribution in [0.15, 0.2) is 51.8 Å². The first kappa shape index (κ1) is 19.6. The van der Waals surface area contributed by atoms with Crippen molar-refractivity contribution in [3.05, 3.63) is 68.8 Å². The molecule has 1 heterocycles. The van der Waals surface area contributed by atoms with Gasteiger partial charge in [0.1, 0.15) is 11.6 Å². The van der Waals surface area contributed by atoms with Crippen LogP contribution in [-0.2, 0) is 11.3 Å². The zero-order valence-corrected chi connectivity index (χ0v) is 17.0. The van der Waals surface area contributed by atoms with Crippen molar-refractivity contribution in [2.45, 2.75) is 19.9 Å². The smallest absolute Gasteiger partial charge is 0.293 e. The van der Waals surface area contributed by atoms with Crippen molar-refractivity contribution >= 4 is 44.9 Å². The number of hydrogen-bond acceptors (Lipinski definition) is 4. The molecule has 0 spiro atoms. The summed E-state index contributed by atoms with van der Waals surface area (Å²) < 4.78 is 19.4. The maximum Gasteiger partial charge on any atom is 0.293 e. The zero-order chi connectivity index (χ0) is 19.4. The Kier molecular flexibility index (Phi) is 6.34. The molecule has 0 aromatic heterocycles. The minimum Gasteiger partial charge on any atom is -0.492 e. The molecule has 1 aliphatic rings. The number of thioether (sulfide) groups is 1. The SMILES string of the molecule is CCCOc1ccc(/C=C2\SC(=O)N(Cc3ccc(F)cc3)C2=O)cc1Br. The van der Waals surface area contributed by atoms with Crippen molar-refractivity contribution in [3.8, 4) is 5.75 Å². The number of ether oxygens (including phenoxy) is 1. The second kappa shape index (κ2) is 8.71. The highest BCUT2D eigenvalue weighted by atomic mass is 79.9. The summed E-state index contributed by atoms with van der Waals surface area (Å²) in [6, 6.07) is 11.3. The van der Waals surface area contributed by atoms with E-state index >= 15 is 0 Å². The Morgan fingerprint density at radius 2 is 1.93 bits per heavy atom. The normalized spacial score (nSPS) is 15.7. The maximum atomic E-state index is 13.0. The van der Waals surface area contributed by atoms with Crippen molar-refractivity contribution in [1.29, 1.82) is 0 Å². The molecule has 1 saturated heterocycles. The van der Waals surface area contributed by atoms with Crippen LogP contribution in [0.1, 0.15) is 24.5 Å². The van der Waals surface area contributed by atoms with Crippen LogP contribution in [0.2, 0.25) is 0 Å². The van der Waals surface area contributed by atoms with E-state index in [-0.39, 0.29) is 23.5 Å². The van der Waals surface area contributed by atoms with Crippen molar-refractivity contribution in [2.24, 2.45) is 0 Å². The minimum atomic E-state index is -0.357. The summed E-state index contributed by atoms with van der Waals surface area (Å²) in [6.07, 6.45) is 2.60. The Morgan fingerprint density at radius 1 is 1.19 bits per heavy atom. The largest absolute Gasteiger partial charge is 0.492 e. The first-order chi connectivity index (χ1) is 13.0. The second-order valence-corrected chi connectivity index (χ2v) is 7.78. The Morgan fingerprint density at radius 3 is 2.59 bits per heavy atom. The zero-order valence-electron chi connectivity index (χ0n) is 14.6. The van der Waals surface area contributed by atoms with Crippen molar-refractivity contribution in [3.63, 3.8) is 0 Å². The molecular weight excluding hydrogens is 433 g/mol. The monoisotopic (exact) mass is 449 g/mol. The van der Waals surface area contributed by atoms with E-state index in [9.17, 15) is 14.0 Å². The summed E-state index contributed by atoms with van der Waals surface area (Å²) in [4.78, 5) is 26.3. The van der Waals surface area contributed by atoms with Gasteiger partial charge in [-0.25, -0.2) is 4.39 Å². The van der Waals surface area contributed by atoms with E-state index in [2.05, 4.69) is 15.9 Å². The van der Waals surface area contributed by atoms with Gasteiger partial charge in [-0.3, -0.25) is 14.5 Å².